The van der Waals surface area contributed by atoms with Crippen LogP contribution in [0.3, 0.4) is 0 Å². The van der Waals surface area contributed by atoms with Crippen LogP contribution in [0.15, 0.2) is 11.6 Å². The number of aromatic nitrogens is 2. The second kappa shape index (κ2) is 8.32. The van der Waals surface area contributed by atoms with Crippen molar-refractivity contribution < 1.29 is 23.4 Å². The Labute approximate surface area is 195 Å². The van der Waals surface area contributed by atoms with Crippen LogP contribution in [0.4, 0.5) is 10.3 Å². The van der Waals surface area contributed by atoms with Gasteiger partial charge in [0.15, 0.2) is 10.3 Å². The molecule has 0 aliphatic heterocycles. The molecule has 2 aromatic heterocycles. The van der Waals surface area contributed by atoms with E-state index < -0.39 is 27.0 Å². The van der Waals surface area contributed by atoms with Gasteiger partial charge in [0.1, 0.15) is 0 Å². The first-order valence-electron chi connectivity index (χ1n) is 10.4. The van der Waals surface area contributed by atoms with E-state index in [1.165, 1.54) is 22.7 Å². The van der Waals surface area contributed by atoms with Crippen molar-refractivity contribution in [1.82, 2.24) is 9.97 Å². The number of hydrogen-bond acceptors (Lipinski definition) is 9. The van der Waals surface area contributed by atoms with Crippen LogP contribution in [0, 0.1) is 16.7 Å². The molecule has 32 heavy (non-hydrogen) atoms. The lowest BCUT2D eigenvalue weighted by Gasteiger charge is -2.58. The first-order chi connectivity index (χ1) is 15.0. The van der Waals surface area contributed by atoms with E-state index in [4.69, 9.17) is 0 Å². The van der Waals surface area contributed by atoms with E-state index in [-0.39, 0.29) is 35.9 Å². The third-order valence-corrected chi connectivity index (χ3v) is 9.63. The maximum absolute atomic E-state index is 13.0. The van der Waals surface area contributed by atoms with Gasteiger partial charge in [0.25, 0.3) is 0 Å². The van der Waals surface area contributed by atoms with Gasteiger partial charge >= 0.3 is 0 Å². The fourth-order valence-electron chi connectivity index (χ4n) is 5.49. The molecule has 12 heteroatoms. The van der Waals surface area contributed by atoms with Crippen LogP contribution < -0.4 is 10.0 Å². The van der Waals surface area contributed by atoms with Crippen molar-refractivity contribution in [3.63, 3.8) is 0 Å². The topological polar surface area (TPSA) is 142 Å². The Morgan fingerprint density at radius 1 is 1.34 bits per heavy atom. The van der Waals surface area contributed by atoms with Crippen molar-refractivity contribution in [2.45, 2.75) is 51.6 Å². The zero-order valence-corrected chi connectivity index (χ0v) is 20.6. The van der Waals surface area contributed by atoms with E-state index in [0.717, 1.165) is 16.8 Å². The van der Waals surface area contributed by atoms with Gasteiger partial charge in [-0.15, -0.1) is 22.7 Å². The van der Waals surface area contributed by atoms with Crippen LogP contribution in [0.5, 0.6) is 0 Å². The van der Waals surface area contributed by atoms with E-state index in [1.807, 2.05) is 6.92 Å². The molecule has 1 saturated carbocycles. The first kappa shape index (κ1) is 23.6. The highest BCUT2D eigenvalue weighted by molar-refractivity contribution is 7.92. The molecule has 2 aliphatic rings. The number of sulfonamides is 1. The molecule has 2 aliphatic carbocycles. The van der Waals surface area contributed by atoms with Gasteiger partial charge in [-0.1, -0.05) is 13.8 Å². The molecular formula is C20H28N4O5S3. The zero-order valence-electron chi connectivity index (χ0n) is 18.2. The van der Waals surface area contributed by atoms with Crippen molar-refractivity contribution in [1.29, 1.82) is 0 Å². The van der Waals surface area contributed by atoms with Crippen LogP contribution in [0.1, 0.15) is 49.6 Å². The summed E-state index contributed by atoms with van der Waals surface area (Å²) in [6, 6.07) is 0. The normalized spacial score (nSPS) is 32.1. The number of nitrogens with one attached hydrogen (secondary N) is 2. The van der Waals surface area contributed by atoms with Gasteiger partial charge in [0.2, 0.25) is 15.9 Å². The number of thiazole rings is 2. The van der Waals surface area contributed by atoms with Gasteiger partial charge in [0, 0.05) is 34.2 Å². The zero-order chi connectivity index (χ0) is 23.3. The molecule has 0 radical (unpaired) electrons. The Morgan fingerprint density at radius 3 is 2.72 bits per heavy atom. The minimum Gasteiger partial charge on any atom is -0.396 e. The third-order valence-electron chi connectivity index (χ3n) is 7.23. The lowest BCUT2D eigenvalue weighted by molar-refractivity contribution is -0.143. The molecule has 0 spiro atoms. The second-order valence-corrected chi connectivity index (χ2v) is 13.1. The van der Waals surface area contributed by atoms with Crippen LogP contribution in [-0.2, 0) is 21.2 Å². The number of rotatable bonds is 6. The number of anilines is 2. The Balaban J connectivity index is 1.75. The summed E-state index contributed by atoms with van der Waals surface area (Å²) in [5.74, 6) is -0.582. The summed E-state index contributed by atoms with van der Waals surface area (Å²) in [6.45, 7) is 3.83. The molecule has 4 rings (SSSR count). The molecule has 5 atom stereocenters. The van der Waals surface area contributed by atoms with Crippen LogP contribution in [0.25, 0.3) is 0 Å². The summed E-state index contributed by atoms with van der Waals surface area (Å²) < 4.78 is 26.0. The molecule has 9 nitrogen and oxygen atoms in total. The lowest BCUT2D eigenvalue weighted by Crippen LogP contribution is -2.57. The fourth-order valence-corrected chi connectivity index (χ4v) is 7.94. The molecule has 5 unspecified atom stereocenters. The summed E-state index contributed by atoms with van der Waals surface area (Å²) in [5, 5.41) is 26.5. The van der Waals surface area contributed by atoms with E-state index in [1.54, 1.807) is 11.6 Å². The largest absolute Gasteiger partial charge is 0.396 e. The van der Waals surface area contributed by atoms with Crippen LogP contribution in [-0.4, -0.2) is 53.5 Å². The van der Waals surface area contributed by atoms with Crippen LogP contribution in [0.2, 0.25) is 0 Å². The Bertz CT molecular complexity index is 1100. The fraction of sp³-hybridized carbons (Fsp3) is 0.650. The molecule has 2 aromatic rings. The Kier molecular flexibility index (Phi) is 6.12. The quantitative estimate of drug-likeness (QED) is 0.477. The average Bonchev–Trinajstić information content (AvgIpc) is 3.34. The van der Waals surface area contributed by atoms with Gasteiger partial charge in [-0.25, -0.2) is 18.4 Å². The van der Waals surface area contributed by atoms with Crippen molar-refractivity contribution in [2.24, 2.45) is 16.7 Å². The summed E-state index contributed by atoms with van der Waals surface area (Å²) in [5.41, 5.74) is -0.408. The first-order valence-corrected chi connectivity index (χ1v) is 14.0. The molecular weight excluding hydrogens is 472 g/mol. The Morgan fingerprint density at radius 2 is 2.09 bits per heavy atom. The number of fused-ring (bicyclic) bond motifs is 2. The highest BCUT2D eigenvalue weighted by Crippen LogP contribution is 2.62. The molecule has 0 bridgehead atoms. The van der Waals surface area contributed by atoms with Crippen molar-refractivity contribution >= 4 is 48.9 Å². The van der Waals surface area contributed by atoms with Crippen molar-refractivity contribution in [3.05, 3.63) is 22.1 Å². The summed E-state index contributed by atoms with van der Waals surface area (Å²) in [6.07, 6.45) is 3.95. The maximum Gasteiger partial charge on any atom is 0.231 e. The predicted octanol–water partition coefficient (Wildman–Crippen LogP) is 2.42. The number of aliphatic hydroxyl groups excluding tert-OH is 2. The molecule has 2 heterocycles. The smallest absolute Gasteiger partial charge is 0.231 e. The molecule has 4 N–H and O–H groups in total. The number of hydrogen-bond donors (Lipinski definition) is 4. The molecule has 1 amide bonds. The minimum absolute atomic E-state index is 0.0968. The van der Waals surface area contributed by atoms with E-state index in [0.29, 0.717) is 24.4 Å². The van der Waals surface area contributed by atoms with E-state index in [9.17, 15) is 23.4 Å². The second-order valence-electron chi connectivity index (χ2n) is 9.32. The monoisotopic (exact) mass is 500 g/mol. The van der Waals surface area contributed by atoms with E-state index >= 15 is 0 Å². The summed E-state index contributed by atoms with van der Waals surface area (Å²) in [7, 11) is -3.50. The summed E-state index contributed by atoms with van der Waals surface area (Å²) >= 11 is 2.59. The molecule has 1 fully saturated rings. The number of carbonyl (C=O) groups is 1. The minimum atomic E-state index is -3.50. The number of aliphatic hydroxyl groups is 2. The number of nitrogens with zero attached hydrogens (tertiary/aromatic N) is 2. The molecule has 0 aromatic carbocycles. The van der Waals surface area contributed by atoms with Gasteiger partial charge in [-0.05, 0) is 30.6 Å². The van der Waals surface area contributed by atoms with Crippen LogP contribution >= 0.6 is 22.7 Å². The van der Waals surface area contributed by atoms with Gasteiger partial charge < -0.3 is 15.5 Å². The maximum atomic E-state index is 13.0. The number of amides is 1. The predicted molar refractivity (Wildman–Crippen MR) is 124 cm³/mol. The standard InChI is InChI=1S/C20H28N4O5S3/c1-19-5-4-14(26)20(2,10-25)13(19)9-12-16(23-18(31-12)24-32(3,28)29)11(19)8-15(27)22-17-21-6-7-30-17/h6-7,11,13-14,25-26H,4-5,8-10H2,1-3H3,(H,23,24)(H,21,22,27). The lowest BCUT2D eigenvalue weighted by atomic mass is 9.47. The average molecular weight is 501 g/mol. The van der Waals surface area contributed by atoms with Gasteiger partial charge in [-0.3, -0.25) is 9.52 Å². The van der Waals surface area contributed by atoms with Gasteiger partial charge in [0.05, 0.1) is 24.7 Å². The highest BCUT2D eigenvalue weighted by atomic mass is 32.2. The SMILES string of the molecule is CC1(CO)C(O)CCC2(C)C(CC(=O)Nc3nccs3)c3nc(NS(C)(=O)=O)sc3CC12. The van der Waals surface area contributed by atoms with E-state index in [2.05, 4.69) is 26.9 Å². The van der Waals surface area contributed by atoms with Crippen molar-refractivity contribution in [2.75, 3.05) is 22.9 Å². The van der Waals surface area contributed by atoms with Crippen molar-refractivity contribution in [3.8, 4) is 0 Å². The highest BCUT2D eigenvalue weighted by Gasteiger charge is 2.59. The molecule has 176 valence electrons. The number of carbonyl (C=O) groups excluding carboxylic acids is 1. The summed E-state index contributed by atoms with van der Waals surface area (Å²) in [4.78, 5) is 22.6. The molecule has 0 saturated heterocycles. The Hall–Kier alpha value is -1.60. The third kappa shape index (κ3) is 4.18. The van der Waals surface area contributed by atoms with Gasteiger partial charge in [-0.2, -0.15) is 0 Å².